The maximum Gasteiger partial charge on any atom is 0.0552 e. The maximum absolute atomic E-state index is 9.69. The van der Waals surface area contributed by atoms with Crippen molar-refractivity contribution < 1.29 is 5.11 Å². The van der Waals surface area contributed by atoms with Gasteiger partial charge in [-0.1, -0.05) is 33.1 Å². The van der Waals surface area contributed by atoms with Crippen LogP contribution in [0.5, 0.6) is 0 Å². The molecule has 1 aliphatic carbocycles. The van der Waals surface area contributed by atoms with Gasteiger partial charge in [-0.15, -0.1) is 0 Å². The molecule has 0 bridgehead atoms. The number of hydrogen-bond acceptors (Lipinski definition) is 2. The highest BCUT2D eigenvalue weighted by Gasteiger charge is 2.18. The molecule has 1 atom stereocenters. The van der Waals surface area contributed by atoms with Crippen LogP contribution in [0.3, 0.4) is 0 Å². The van der Waals surface area contributed by atoms with Crippen LogP contribution >= 0.6 is 0 Å². The lowest BCUT2D eigenvalue weighted by Crippen LogP contribution is -2.27. The quantitative estimate of drug-likeness (QED) is 0.659. The van der Waals surface area contributed by atoms with Crippen LogP contribution in [0.2, 0.25) is 0 Å². The Hall–Kier alpha value is -0.0800. The fraction of sp³-hybridized carbons (Fsp3) is 1.00. The van der Waals surface area contributed by atoms with Crippen molar-refractivity contribution in [1.29, 1.82) is 0 Å². The van der Waals surface area contributed by atoms with Gasteiger partial charge in [0.25, 0.3) is 0 Å². The Morgan fingerprint density at radius 2 is 2.00 bits per heavy atom. The molecule has 1 saturated carbocycles. The predicted molar refractivity (Wildman–Crippen MR) is 60.3 cm³/mol. The molecule has 2 N–H and O–H groups in total. The molecule has 2 nitrogen and oxygen atoms in total. The lowest BCUT2D eigenvalue weighted by Gasteiger charge is -2.26. The molecule has 1 fully saturated rings. The molecule has 1 rings (SSSR count). The number of hydrogen-bond donors (Lipinski definition) is 2. The number of aliphatic hydroxyl groups is 1. The minimum absolute atomic E-state index is 0.0816. The van der Waals surface area contributed by atoms with Gasteiger partial charge in [-0.2, -0.15) is 0 Å². The van der Waals surface area contributed by atoms with Crippen LogP contribution in [0.4, 0.5) is 0 Å². The van der Waals surface area contributed by atoms with Gasteiger partial charge in [0.05, 0.1) is 6.10 Å². The highest BCUT2D eigenvalue weighted by Crippen LogP contribution is 2.30. The Balaban J connectivity index is 1.89. The topological polar surface area (TPSA) is 32.3 Å². The Bertz CT molecular complexity index is 143. The first-order chi connectivity index (χ1) is 6.68. The summed E-state index contributed by atoms with van der Waals surface area (Å²) in [5, 5.41) is 13.0. The molecule has 0 spiro atoms. The van der Waals surface area contributed by atoms with Crippen LogP contribution in [-0.4, -0.2) is 23.8 Å². The van der Waals surface area contributed by atoms with Crippen molar-refractivity contribution in [3.63, 3.8) is 0 Å². The van der Waals surface area contributed by atoms with E-state index >= 15 is 0 Å². The number of aliphatic hydroxyl groups excluding tert-OH is 1. The number of nitrogens with one attached hydrogen (secondary N) is 1. The summed E-state index contributed by atoms with van der Waals surface area (Å²) < 4.78 is 0. The van der Waals surface area contributed by atoms with Crippen LogP contribution in [0, 0.1) is 5.92 Å². The predicted octanol–water partition coefficient (Wildman–Crippen LogP) is 2.32. The molecule has 1 aliphatic rings. The highest BCUT2D eigenvalue weighted by molar-refractivity contribution is 4.71. The van der Waals surface area contributed by atoms with Crippen LogP contribution in [0.25, 0.3) is 0 Å². The summed E-state index contributed by atoms with van der Waals surface area (Å²) in [6, 6.07) is 0.536. The van der Waals surface area contributed by atoms with E-state index in [9.17, 15) is 5.11 Å². The van der Waals surface area contributed by atoms with E-state index in [1.807, 2.05) is 0 Å². The summed E-state index contributed by atoms with van der Waals surface area (Å²) in [5.41, 5.74) is 0. The third-order valence-corrected chi connectivity index (χ3v) is 3.16. The minimum Gasteiger partial charge on any atom is -0.393 e. The van der Waals surface area contributed by atoms with Gasteiger partial charge in [-0.3, -0.25) is 0 Å². The fourth-order valence-electron chi connectivity index (χ4n) is 1.89. The van der Waals surface area contributed by atoms with Gasteiger partial charge >= 0.3 is 0 Å². The molecule has 1 unspecified atom stereocenters. The SMILES string of the molecule is CC(C)NCCC(O)CCC1CCC1. The van der Waals surface area contributed by atoms with Crippen molar-refractivity contribution in [2.45, 2.75) is 64.5 Å². The minimum atomic E-state index is -0.0816. The first kappa shape index (κ1) is 12.0. The van der Waals surface area contributed by atoms with Crippen molar-refractivity contribution in [2.75, 3.05) is 6.54 Å². The van der Waals surface area contributed by atoms with Crippen LogP contribution in [0.1, 0.15) is 52.4 Å². The van der Waals surface area contributed by atoms with Gasteiger partial charge in [-0.05, 0) is 31.7 Å². The summed E-state index contributed by atoms with van der Waals surface area (Å²) in [7, 11) is 0. The lowest BCUT2D eigenvalue weighted by atomic mass is 9.81. The molecule has 84 valence electrons. The van der Waals surface area contributed by atoms with E-state index in [4.69, 9.17) is 0 Å². The van der Waals surface area contributed by atoms with E-state index in [0.29, 0.717) is 6.04 Å². The second kappa shape index (κ2) is 6.41. The standard InChI is InChI=1S/C12H25NO/c1-10(2)13-9-8-12(14)7-6-11-4-3-5-11/h10-14H,3-9H2,1-2H3. The van der Waals surface area contributed by atoms with E-state index in [0.717, 1.165) is 25.3 Å². The molecule has 14 heavy (non-hydrogen) atoms. The molecule has 0 amide bonds. The third kappa shape index (κ3) is 4.97. The summed E-state index contributed by atoms with van der Waals surface area (Å²) in [6.07, 6.45) is 7.28. The van der Waals surface area contributed by atoms with E-state index in [1.54, 1.807) is 0 Å². The Labute approximate surface area is 88.1 Å². The summed E-state index contributed by atoms with van der Waals surface area (Å²) in [6.45, 7) is 5.23. The van der Waals surface area contributed by atoms with Gasteiger partial charge in [0.15, 0.2) is 0 Å². The normalized spacial score (nSPS) is 19.7. The Morgan fingerprint density at radius 1 is 1.29 bits per heavy atom. The maximum atomic E-state index is 9.69. The first-order valence-corrected chi connectivity index (χ1v) is 6.10. The van der Waals surface area contributed by atoms with Crippen molar-refractivity contribution in [3.8, 4) is 0 Å². The van der Waals surface area contributed by atoms with Crippen LogP contribution < -0.4 is 5.32 Å². The highest BCUT2D eigenvalue weighted by atomic mass is 16.3. The molecule has 0 saturated heterocycles. The van der Waals surface area contributed by atoms with Crippen molar-refractivity contribution in [3.05, 3.63) is 0 Å². The van der Waals surface area contributed by atoms with Crippen LogP contribution in [0.15, 0.2) is 0 Å². The van der Waals surface area contributed by atoms with Crippen molar-refractivity contribution in [2.24, 2.45) is 5.92 Å². The summed E-state index contributed by atoms with van der Waals surface area (Å²) >= 11 is 0. The number of rotatable bonds is 7. The Kier molecular flexibility index (Phi) is 5.49. The molecule has 0 radical (unpaired) electrons. The average Bonchev–Trinajstić information content (AvgIpc) is 2.00. The van der Waals surface area contributed by atoms with Gasteiger partial charge in [-0.25, -0.2) is 0 Å². The fourth-order valence-corrected chi connectivity index (χ4v) is 1.89. The second-order valence-electron chi connectivity index (χ2n) is 4.93. The van der Waals surface area contributed by atoms with E-state index in [1.165, 1.54) is 25.7 Å². The molecular weight excluding hydrogens is 174 g/mol. The van der Waals surface area contributed by atoms with E-state index in [-0.39, 0.29) is 6.10 Å². The molecule has 0 aromatic heterocycles. The largest absolute Gasteiger partial charge is 0.393 e. The summed E-state index contributed by atoms with van der Waals surface area (Å²) in [5.74, 6) is 0.933. The van der Waals surface area contributed by atoms with Crippen molar-refractivity contribution in [1.82, 2.24) is 5.32 Å². The summed E-state index contributed by atoms with van der Waals surface area (Å²) in [4.78, 5) is 0. The van der Waals surface area contributed by atoms with Crippen LogP contribution in [-0.2, 0) is 0 Å². The van der Waals surface area contributed by atoms with Gasteiger partial charge < -0.3 is 10.4 Å². The molecule has 0 aromatic rings. The van der Waals surface area contributed by atoms with Gasteiger partial charge in [0.1, 0.15) is 0 Å². The Morgan fingerprint density at radius 3 is 2.50 bits per heavy atom. The smallest absolute Gasteiger partial charge is 0.0552 e. The zero-order valence-corrected chi connectivity index (χ0v) is 9.63. The van der Waals surface area contributed by atoms with Gasteiger partial charge in [0.2, 0.25) is 0 Å². The van der Waals surface area contributed by atoms with E-state index in [2.05, 4.69) is 19.2 Å². The first-order valence-electron chi connectivity index (χ1n) is 6.10. The molecule has 2 heteroatoms. The third-order valence-electron chi connectivity index (χ3n) is 3.16. The molecule has 0 aliphatic heterocycles. The van der Waals surface area contributed by atoms with Gasteiger partial charge in [0, 0.05) is 6.04 Å². The monoisotopic (exact) mass is 199 g/mol. The molecule has 0 heterocycles. The molecule has 0 aromatic carbocycles. The van der Waals surface area contributed by atoms with Crippen molar-refractivity contribution >= 4 is 0 Å². The zero-order valence-electron chi connectivity index (χ0n) is 9.63. The van der Waals surface area contributed by atoms with E-state index < -0.39 is 0 Å². The average molecular weight is 199 g/mol. The molecular formula is C12H25NO. The second-order valence-corrected chi connectivity index (χ2v) is 4.93. The zero-order chi connectivity index (χ0) is 10.4. The lowest BCUT2D eigenvalue weighted by molar-refractivity contribution is 0.134.